The van der Waals surface area contributed by atoms with Crippen LogP contribution >= 0.6 is 0 Å². The Labute approximate surface area is 147 Å². The van der Waals surface area contributed by atoms with Gasteiger partial charge in [0.1, 0.15) is 0 Å². The standard InChI is InChI=1S/C22H33NO/c1-15(2)17-7-9-19-18(13-17)8-10-20-21(4,14-23-16(3)24)11-6-12-22(19,20)5/h7,9,13,15,20H,6,8,10-12,14H2,1-5H3,(H,23,24)/t20-,21+,22+/m0/s1. The summed E-state index contributed by atoms with van der Waals surface area (Å²) in [5.41, 5.74) is 5.09. The molecule has 0 saturated heterocycles. The quantitative estimate of drug-likeness (QED) is 0.835. The first-order valence-corrected chi connectivity index (χ1v) is 9.64. The van der Waals surface area contributed by atoms with Crippen molar-refractivity contribution in [1.82, 2.24) is 5.32 Å². The number of fused-ring (bicyclic) bond motifs is 3. The van der Waals surface area contributed by atoms with Crippen LogP contribution in [-0.4, -0.2) is 12.5 Å². The van der Waals surface area contributed by atoms with Crippen LogP contribution in [0.1, 0.15) is 82.9 Å². The zero-order valence-corrected chi connectivity index (χ0v) is 16.0. The van der Waals surface area contributed by atoms with E-state index in [-0.39, 0.29) is 16.7 Å². The van der Waals surface area contributed by atoms with E-state index < -0.39 is 0 Å². The molecule has 2 heteroatoms. The monoisotopic (exact) mass is 327 g/mol. The van der Waals surface area contributed by atoms with E-state index in [1.807, 2.05) is 0 Å². The molecule has 0 radical (unpaired) electrons. The molecule has 3 atom stereocenters. The Bertz CT molecular complexity index is 635. The minimum absolute atomic E-state index is 0.0984. The molecule has 24 heavy (non-hydrogen) atoms. The Kier molecular flexibility index (Phi) is 4.53. The predicted molar refractivity (Wildman–Crippen MR) is 100 cm³/mol. The molecule has 0 unspecified atom stereocenters. The summed E-state index contributed by atoms with van der Waals surface area (Å²) in [5, 5.41) is 3.12. The van der Waals surface area contributed by atoms with Gasteiger partial charge in [-0.3, -0.25) is 4.79 Å². The van der Waals surface area contributed by atoms with Crippen molar-refractivity contribution in [3.8, 4) is 0 Å². The fourth-order valence-electron chi connectivity index (χ4n) is 5.54. The highest BCUT2D eigenvalue weighted by Gasteiger charge is 2.51. The van der Waals surface area contributed by atoms with Crippen LogP contribution in [0, 0.1) is 11.3 Å². The van der Waals surface area contributed by atoms with Crippen molar-refractivity contribution >= 4 is 5.91 Å². The van der Waals surface area contributed by atoms with Crippen molar-refractivity contribution in [2.45, 2.75) is 78.1 Å². The Morgan fingerprint density at radius 1 is 1.29 bits per heavy atom. The predicted octanol–water partition coefficient (Wildman–Crippen LogP) is 4.96. The molecule has 0 spiro atoms. The van der Waals surface area contributed by atoms with Gasteiger partial charge in [0.15, 0.2) is 0 Å². The van der Waals surface area contributed by atoms with Crippen LogP contribution in [0.5, 0.6) is 0 Å². The maximum absolute atomic E-state index is 11.5. The van der Waals surface area contributed by atoms with E-state index in [0.717, 1.165) is 6.54 Å². The first-order valence-electron chi connectivity index (χ1n) is 9.64. The van der Waals surface area contributed by atoms with Crippen molar-refractivity contribution in [1.29, 1.82) is 0 Å². The normalized spacial score (nSPS) is 32.2. The van der Waals surface area contributed by atoms with Crippen LogP contribution in [0.3, 0.4) is 0 Å². The SMILES string of the molecule is CC(=O)NC[C@@]1(C)CCC[C@]2(C)c3ccc(C(C)C)cc3CC[C@@H]12. The fourth-order valence-corrected chi connectivity index (χ4v) is 5.54. The highest BCUT2D eigenvalue weighted by molar-refractivity contribution is 5.72. The van der Waals surface area contributed by atoms with E-state index in [1.54, 1.807) is 18.1 Å². The van der Waals surface area contributed by atoms with Crippen LogP contribution < -0.4 is 5.32 Å². The van der Waals surface area contributed by atoms with Crippen LogP contribution in [0.15, 0.2) is 18.2 Å². The van der Waals surface area contributed by atoms with Gasteiger partial charge in [-0.05, 0) is 65.0 Å². The van der Waals surface area contributed by atoms with Crippen LogP contribution in [0.2, 0.25) is 0 Å². The largest absolute Gasteiger partial charge is 0.356 e. The van der Waals surface area contributed by atoms with E-state index in [1.165, 1.54) is 37.7 Å². The Hall–Kier alpha value is -1.31. The number of hydrogen-bond donors (Lipinski definition) is 1. The summed E-state index contributed by atoms with van der Waals surface area (Å²) in [6.45, 7) is 11.9. The van der Waals surface area contributed by atoms with Crippen molar-refractivity contribution in [3.63, 3.8) is 0 Å². The van der Waals surface area contributed by atoms with Gasteiger partial charge in [0.05, 0.1) is 0 Å². The topological polar surface area (TPSA) is 29.1 Å². The second-order valence-corrected chi connectivity index (χ2v) is 9.00. The van der Waals surface area contributed by atoms with Gasteiger partial charge in [0, 0.05) is 13.5 Å². The summed E-state index contributed by atoms with van der Waals surface area (Å²) >= 11 is 0. The molecular formula is C22H33NO. The molecule has 1 N–H and O–H groups in total. The number of carbonyl (C=O) groups is 1. The zero-order chi connectivity index (χ0) is 17.5. The van der Waals surface area contributed by atoms with Crippen molar-refractivity contribution in [3.05, 3.63) is 34.9 Å². The molecule has 1 amide bonds. The molecule has 132 valence electrons. The lowest BCUT2D eigenvalue weighted by Crippen LogP contribution is -2.53. The molecule has 2 aliphatic carbocycles. The molecule has 1 saturated carbocycles. The lowest BCUT2D eigenvalue weighted by Gasteiger charge is -2.55. The van der Waals surface area contributed by atoms with Crippen LogP contribution in [0.4, 0.5) is 0 Å². The van der Waals surface area contributed by atoms with E-state index >= 15 is 0 Å². The van der Waals surface area contributed by atoms with Crippen LogP contribution in [-0.2, 0) is 16.6 Å². The second-order valence-electron chi connectivity index (χ2n) is 9.00. The first-order chi connectivity index (χ1) is 11.3. The lowest BCUT2D eigenvalue weighted by molar-refractivity contribution is -0.120. The molecular weight excluding hydrogens is 294 g/mol. The van der Waals surface area contributed by atoms with Gasteiger partial charge in [0.2, 0.25) is 5.91 Å². The average Bonchev–Trinajstić information content (AvgIpc) is 2.52. The van der Waals surface area contributed by atoms with Gasteiger partial charge in [-0.1, -0.05) is 52.3 Å². The van der Waals surface area contributed by atoms with Gasteiger partial charge in [-0.15, -0.1) is 0 Å². The minimum Gasteiger partial charge on any atom is -0.356 e. The van der Waals surface area contributed by atoms with Gasteiger partial charge < -0.3 is 5.32 Å². The summed E-state index contributed by atoms with van der Waals surface area (Å²) in [6.07, 6.45) is 6.20. The number of benzene rings is 1. The number of aryl methyl sites for hydroxylation is 1. The maximum atomic E-state index is 11.5. The Balaban J connectivity index is 1.95. The average molecular weight is 328 g/mol. The summed E-state index contributed by atoms with van der Waals surface area (Å²) < 4.78 is 0. The second kappa shape index (κ2) is 6.20. The molecule has 2 nitrogen and oxygen atoms in total. The van der Waals surface area contributed by atoms with Crippen molar-refractivity contribution in [2.24, 2.45) is 11.3 Å². The molecule has 1 fully saturated rings. The number of carbonyl (C=O) groups excluding carboxylic acids is 1. The summed E-state index contributed by atoms with van der Waals surface area (Å²) in [4.78, 5) is 11.5. The first kappa shape index (κ1) is 17.5. The summed E-state index contributed by atoms with van der Waals surface area (Å²) in [7, 11) is 0. The number of hydrogen-bond acceptors (Lipinski definition) is 1. The third kappa shape index (κ3) is 2.89. The van der Waals surface area contributed by atoms with Crippen molar-refractivity contribution < 1.29 is 4.79 Å². The highest BCUT2D eigenvalue weighted by Crippen LogP contribution is 2.57. The minimum atomic E-state index is 0.0984. The van der Waals surface area contributed by atoms with Gasteiger partial charge >= 0.3 is 0 Å². The summed E-state index contributed by atoms with van der Waals surface area (Å²) in [5.74, 6) is 1.35. The fraction of sp³-hybridized carbons (Fsp3) is 0.682. The molecule has 0 heterocycles. The smallest absolute Gasteiger partial charge is 0.216 e. The number of nitrogens with one attached hydrogen (secondary N) is 1. The summed E-state index contributed by atoms with van der Waals surface area (Å²) in [6, 6.07) is 7.22. The molecule has 3 rings (SSSR count). The lowest BCUT2D eigenvalue weighted by atomic mass is 9.49. The third-order valence-corrected chi connectivity index (χ3v) is 6.91. The maximum Gasteiger partial charge on any atom is 0.216 e. The molecule has 1 aromatic carbocycles. The molecule has 0 aliphatic heterocycles. The van der Waals surface area contributed by atoms with Gasteiger partial charge in [-0.2, -0.15) is 0 Å². The van der Waals surface area contributed by atoms with Crippen molar-refractivity contribution in [2.75, 3.05) is 6.54 Å². The van der Waals surface area contributed by atoms with E-state index in [9.17, 15) is 4.79 Å². The highest BCUT2D eigenvalue weighted by atomic mass is 16.1. The number of rotatable bonds is 3. The van der Waals surface area contributed by atoms with Gasteiger partial charge in [-0.25, -0.2) is 0 Å². The molecule has 0 bridgehead atoms. The third-order valence-electron chi connectivity index (χ3n) is 6.91. The van der Waals surface area contributed by atoms with Gasteiger partial charge in [0.25, 0.3) is 0 Å². The Morgan fingerprint density at radius 3 is 2.71 bits per heavy atom. The Morgan fingerprint density at radius 2 is 2.04 bits per heavy atom. The van der Waals surface area contributed by atoms with E-state index in [0.29, 0.717) is 11.8 Å². The number of amides is 1. The molecule has 0 aromatic heterocycles. The molecule has 1 aromatic rings. The zero-order valence-electron chi connectivity index (χ0n) is 16.0. The molecule has 2 aliphatic rings. The van der Waals surface area contributed by atoms with E-state index in [4.69, 9.17) is 0 Å². The van der Waals surface area contributed by atoms with Crippen LogP contribution in [0.25, 0.3) is 0 Å². The van der Waals surface area contributed by atoms with E-state index in [2.05, 4.69) is 51.2 Å².